The summed E-state index contributed by atoms with van der Waals surface area (Å²) in [5, 5.41) is 0. The molecular formula is C9H15NO2. The van der Waals surface area contributed by atoms with E-state index in [0.717, 1.165) is 0 Å². The van der Waals surface area contributed by atoms with Crippen LogP contribution in [-0.2, 0) is 9.53 Å². The van der Waals surface area contributed by atoms with Gasteiger partial charge in [0.05, 0.1) is 7.11 Å². The van der Waals surface area contributed by atoms with Gasteiger partial charge in [-0.15, -0.1) is 0 Å². The third-order valence-electron chi connectivity index (χ3n) is 1.60. The molecule has 0 saturated heterocycles. The lowest BCUT2D eigenvalue weighted by atomic mass is 9.97. The Kier molecular flexibility index (Phi) is 5.14. The van der Waals surface area contributed by atoms with Gasteiger partial charge in [0.15, 0.2) is 0 Å². The summed E-state index contributed by atoms with van der Waals surface area (Å²) in [7, 11) is 1.31. The first-order chi connectivity index (χ1) is 5.61. The predicted octanol–water partition coefficient (Wildman–Crippen LogP) is 0.394. The first-order valence-corrected chi connectivity index (χ1v) is 3.91. The zero-order valence-corrected chi connectivity index (χ0v) is 7.76. The minimum atomic E-state index is -0.505. The molecule has 3 heteroatoms. The summed E-state index contributed by atoms with van der Waals surface area (Å²) in [4.78, 5) is 10.6. The second-order valence-corrected chi connectivity index (χ2v) is 2.85. The molecule has 0 rings (SSSR count). The molecular weight excluding hydrogens is 154 g/mol. The van der Waals surface area contributed by atoms with Gasteiger partial charge in [0, 0.05) is 18.4 Å². The Labute approximate surface area is 73.3 Å². The molecule has 0 radical (unpaired) electrons. The number of hydrogen-bond donors (Lipinski definition) is 1. The van der Waals surface area contributed by atoms with E-state index in [4.69, 9.17) is 5.73 Å². The molecule has 0 aromatic heterocycles. The van der Waals surface area contributed by atoms with Gasteiger partial charge in [0.25, 0.3) is 0 Å². The summed E-state index contributed by atoms with van der Waals surface area (Å²) in [5.41, 5.74) is 5.45. The smallest absolute Gasteiger partial charge is 0.384 e. The molecule has 0 aromatic rings. The molecule has 0 saturated carbocycles. The highest BCUT2D eigenvalue weighted by atomic mass is 16.5. The molecule has 1 atom stereocenters. The third-order valence-corrected chi connectivity index (χ3v) is 1.60. The van der Waals surface area contributed by atoms with Gasteiger partial charge in [-0.05, 0) is 5.92 Å². The molecule has 0 amide bonds. The maximum Gasteiger partial charge on any atom is 0.384 e. The van der Waals surface area contributed by atoms with E-state index in [9.17, 15) is 4.79 Å². The van der Waals surface area contributed by atoms with Crippen molar-refractivity contribution in [2.45, 2.75) is 13.8 Å². The van der Waals surface area contributed by atoms with Crippen LogP contribution in [-0.4, -0.2) is 19.6 Å². The van der Waals surface area contributed by atoms with Crippen LogP contribution in [0.4, 0.5) is 0 Å². The van der Waals surface area contributed by atoms with Gasteiger partial charge in [0.1, 0.15) is 0 Å². The summed E-state index contributed by atoms with van der Waals surface area (Å²) in [6.07, 6.45) is 0. The van der Waals surface area contributed by atoms with Crippen LogP contribution in [0.2, 0.25) is 0 Å². The Balaban J connectivity index is 4.14. The molecule has 2 N–H and O–H groups in total. The molecule has 12 heavy (non-hydrogen) atoms. The second kappa shape index (κ2) is 5.62. The van der Waals surface area contributed by atoms with E-state index in [0.29, 0.717) is 12.5 Å². The monoisotopic (exact) mass is 169 g/mol. The van der Waals surface area contributed by atoms with Crippen LogP contribution in [0.25, 0.3) is 0 Å². The van der Waals surface area contributed by atoms with Crippen LogP contribution in [0.1, 0.15) is 13.8 Å². The maximum absolute atomic E-state index is 10.6. The van der Waals surface area contributed by atoms with Crippen molar-refractivity contribution in [2.24, 2.45) is 17.6 Å². The van der Waals surface area contributed by atoms with Crippen molar-refractivity contribution < 1.29 is 9.53 Å². The topological polar surface area (TPSA) is 52.3 Å². The third kappa shape index (κ3) is 3.99. The minimum Gasteiger partial charge on any atom is -0.459 e. The summed E-state index contributed by atoms with van der Waals surface area (Å²) < 4.78 is 4.37. The Morgan fingerprint density at radius 3 is 2.50 bits per heavy atom. The molecule has 3 nitrogen and oxygen atoms in total. The molecule has 0 bridgehead atoms. The minimum absolute atomic E-state index is 0.0732. The van der Waals surface area contributed by atoms with Crippen molar-refractivity contribution in [1.82, 2.24) is 0 Å². The van der Waals surface area contributed by atoms with Crippen LogP contribution in [0.3, 0.4) is 0 Å². The van der Waals surface area contributed by atoms with Gasteiger partial charge in [-0.3, -0.25) is 0 Å². The average Bonchev–Trinajstić information content (AvgIpc) is 2.04. The molecule has 0 fully saturated rings. The summed E-state index contributed by atoms with van der Waals surface area (Å²) in [6, 6.07) is 0. The first-order valence-electron chi connectivity index (χ1n) is 3.91. The summed E-state index contributed by atoms with van der Waals surface area (Å²) >= 11 is 0. The van der Waals surface area contributed by atoms with Crippen LogP contribution in [0.15, 0.2) is 0 Å². The van der Waals surface area contributed by atoms with Gasteiger partial charge in [0.2, 0.25) is 0 Å². The lowest BCUT2D eigenvalue weighted by Gasteiger charge is -2.10. The molecule has 0 spiro atoms. The highest BCUT2D eigenvalue weighted by molar-refractivity contribution is 5.88. The number of carbonyl (C=O) groups excluding carboxylic acids is 1. The normalized spacial score (nSPS) is 11.8. The van der Waals surface area contributed by atoms with Crippen LogP contribution >= 0.6 is 0 Å². The van der Waals surface area contributed by atoms with E-state index in [2.05, 4.69) is 16.6 Å². The number of carbonyl (C=O) groups is 1. The number of methoxy groups -OCH3 is 1. The van der Waals surface area contributed by atoms with Crippen molar-refractivity contribution in [3.63, 3.8) is 0 Å². The fourth-order valence-corrected chi connectivity index (χ4v) is 0.700. The van der Waals surface area contributed by atoms with E-state index in [1.807, 2.05) is 13.8 Å². The Hall–Kier alpha value is -1.01. The summed E-state index contributed by atoms with van der Waals surface area (Å²) in [5.74, 6) is 5.08. The largest absolute Gasteiger partial charge is 0.459 e. The fourth-order valence-electron chi connectivity index (χ4n) is 0.700. The van der Waals surface area contributed by atoms with Crippen LogP contribution in [0, 0.1) is 23.7 Å². The molecule has 1 unspecified atom stereocenters. The first kappa shape index (κ1) is 11.0. The lowest BCUT2D eigenvalue weighted by molar-refractivity contribution is -0.133. The molecule has 68 valence electrons. The van der Waals surface area contributed by atoms with E-state index in [-0.39, 0.29) is 5.92 Å². The number of esters is 1. The molecule has 0 aliphatic heterocycles. The zero-order chi connectivity index (χ0) is 9.56. The maximum atomic E-state index is 10.6. The van der Waals surface area contributed by atoms with E-state index in [1.165, 1.54) is 7.11 Å². The Morgan fingerprint density at radius 2 is 2.17 bits per heavy atom. The van der Waals surface area contributed by atoms with E-state index in [1.54, 1.807) is 0 Å². The van der Waals surface area contributed by atoms with Gasteiger partial charge in [-0.2, -0.15) is 0 Å². The molecule has 0 aromatic carbocycles. The van der Waals surface area contributed by atoms with Crippen LogP contribution < -0.4 is 5.73 Å². The standard InChI is InChI=1S/C9H15NO2/c1-7(2)8(6-10)4-5-9(11)12-3/h7-8H,6,10H2,1-3H3. The van der Waals surface area contributed by atoms with E-state index >= 15 is 0 Å². The Morgan fingerprint density at radius 1 is 1.58 bits per heavy atom. The zero-order valence-electron chi connectivity index (χ0n) is 7.76. The van der Waals surface area contributed by atoms with Crippen molar-refractivity contribution in [1.29, 1.82) is 0 Å². The second-order valence-electron chi connectivity index (χ2n) is 2.85. The van der Waals surface area contributed by atoms with Crippen molar-refractivity contribution in [3.8, 4) is 11.8 Å². The summed E-state index contributed by atoms with van der Waals surface area (Å²) in [6.45, 7) is 4.51. The molecule has 0 aliphatic carbocycles. The van der Waals surface area contributed by atoms with Gasteiger partial charge >= 0.3 is 5.97 Å². The Bertz CT molecular complexity index is 200. The van der Waals surface area contributed by atoms with Crippen molar-refractivity contribution in [2.75, 3.05) is 13.7 Å². The quantitative estimate of drug-likeness (QED) is 0.369. The number of ether oxygens (including phenoxy) is 1. The highest BCUT2D eigenvalue weighted by Crippen LogP contribution is 2.06. The predicted molar refractivity (Wildman–Crippen MR) is 47.2 cm³/mol. The molecule has 0 aliphatic rings. The van der Waals surface area contributed by atoms with Gasteiger partial charge in [-0.1, -0.05) is 19.8 Å². The van der Waals surface area contributed by atoms with Crippen LogP contribution in [0.5, 0.6) is 0 Å². The highest BCUT2D eigenvalue weighted by Gasteiger charge is 2.07. The average molecular weight is 169 g/mol. The van der Waals surface area contributed by atoms with Crippen molar-refractivity contribution in [3.05, 3.63) is 0 Å². The SMILES string of the molecule is COC(=O)C#CC(CN)C(C)C. The lowest BCUT2D eigenvalue weighted by Crippen LogP contribution is -2.18. The van der Waals surface area contributed by atoms with Gasteiger partial charge < -0.3 is 10.5 Å². The van der Waals surface area contributed by atoms with E-state index < -0.39 is 5.97 Å². The number of rotatable bonds is 2. The molecule has 0 heterocycles. The fraction of sp³-hybridized carbons (Fsp3) is 0.667. The van der Waals surface area contributed by atoms with Crippen molar-refractivity contribution >= 4 is 5.97 Å². The number of hydrogen-bond acceptors (Lipinski definition) is 3. The number of nitrogens with two attached hydrogens (primary N) is 1. The van der Waals surface area contributed by atoms with Gasteiger partial charge in [-0.25, -0.2) is 4.79 Å².